The van der Waals surface area contributed by atoms with Gasteiger partial charge in [-0.25, -0.2) is 23.7 Å². The number of hydroxylamine groups is 3. The van der Waals surface area contributed by atoms with E-state index in [4.69, 9.17) is 26.3 Å². The zero-order chi connectivity index (χ0) is 25.3. The standard InChI is InChI=1S/C22H22F3N3O6/c1-3-14-4-5-18(17(23)10-14)26-21-16(22(32)27-33-8-6-29)11-15(19(24)20(21)25)12-28(13(2)31)34-9-7-30/h1,4-5,10-11,26,29-30H,6-9,12H2,2H3,(H,27,32). The van der Waals surface area contributed by atoms with Crippen LogP contribution in [0, 0.1) is 29.8 Å². The van der Waals surface area contributed by atoms with Crippen LogP contribution in [-0.2, 0) is 21.0 Å². The first-order chi connectivity index (χ1) is 16.2. The predicted molar refractivity (Wildman–Crippen MR) is 114 cm³/mol. The van der Waals surface area contributed by atoms with Gasteiger partial charge in [-0.1, -0.05) is 5.92 Å². The van der Waals surface area contributed by atoms with Crippen LogP contribution < -0.4 is 10.8 Å². The van der Waals surface area contributed by atoms with Crippen LogP contribution >= 0.6 is 0 Å². The van der Waals surface area contributed by atoms with Gasteiger partial charge in [0.05, 0.1) is 49.9 Å². The van der Waals surface area contributed by atoms with Crippen molar-refractivity contribution in [1.29, 1.82) is 0 Å². The lowest BCUT2D eigenvalue weighted by atomic mass is 10.0. The van der Waals surface area contributed by atoms with Crippen molar-refractivity contribution in [3.8, 4) is 12.3 Å². The second-order valence-electron chi connectivity index (χ2n) is 6.67. The number of aliphatic hydroxyl groups excluding tert-OH is 2. The molecule has 0 aliphatic carbocycles. The van der Waals surface area contributed by atoms with Crippen LogP contribution in [0.15, 0.2) is 24.3 Å². The van der Waals surface area contributed by atoms with Crippen LogP contribution in [0.25, 0.3) is 0 Å². The highest BCUT2D eigenvalue weighted by atomic mass is 19.2. The lowest BCUT2D eigenvalue weighted by molar-refractivity contribution is -0.191. The highest BCUT2D eigenvalue weighted by molar-refractivity contribution is 6.00. The SMILES string of the molecule is C#Cc1ccc(Nc2c(C(=O)NOCCO)cc(CN(OCCO)C(C)=O)c(F)c2F)c(F)c1. The van der Waals surface area contributed by atoms with Crippen molar-refractivity contribution < 1.29 is 42.6 Å². The predicted octanol–water partition coefficient (Wildman–Crippen LogP) is 1.75. The molecule has 0 bridgehead atoms. The van der Waals surface area contributed by atoms with Crippen molar-refractivity contribution >= 4 is 23.2 Å². The minimum absolute atomic E-state index is 0.202. The number of benzene rings is 2. The molecule has 2 aromatic rings. The third-order valence-corrected chi connectivity index (χ3v) is 4.28. The molecule has 182 valence electrons. The molecule has 9 nitrogen and oxygen atoms in total. The normalized spacial score (nSPS) is 10.5. The van der Waals surface area contributed by atoms with E-state index >= 15 is 4.39 Å². The van der Waals surface area contributed by atoms with Gasteiger partial charge in [0.15, 0.2) is 11.6 Å². The largest absolute Gasteiger partial charge is 0.394 e. The van der Waals surface area contributed by atoms with Gasteiger partial charge in [0, 0.05) is 18.1 Å². The van der Waals surface area contributed by atoms with Gasteiger partial charge < -0.3 is 15.5 Å². The number of carbonyl (C=O) groups excluding carboxylic acids is 2. The molecule has 0 atom stereocenters. The van der Waals surface area contributed by atoms with Crippen molar-refractivity contribution in [1.82, 2.24) is 10.5 Å². The molecule has 0 fully saturated rings. The Bertz CT molecular complexity index is 1090. The summed E-state index contributed by atoms with van der Waals surface area (Å²) in [6, 6.07) is 4.43. The van der Waals surface area contributed by atoms with Crippen LogP contribution in [0.4, 0.5) is 24.5 Å². The summed E-state index contributed by atoms with van der Waals surface area (Å²) in [5.74, 6) is -3.37. The summed E-state index contributed by atoms with van der Waals surface area (Å²) >= 11 is 0. The first kappa shape index (κ1) is 26.6. The Hall–Kier alpha value is -3.63. The van der Waals surface area contributed by atoms with Gasteiger partial charge in [-0.2, -0.15) is 0 Å². The number of terminal acetylenes is 1. The van der Waals surface area contributed by atoms with Crippen molar-refractivity contribution in [2.45, 2.75) is 13.5 Å². The van der Waals surface area contributed by atoms with Crippen molar-refractivity contribution in [3.63, 3.8) is 0 Å². The van der Waals surface area contributed by atoms with Gasteiger partial charge in [-0.05, 0) is 24.3 Å². The molecule has 0 saturated carbocycles. The first-order valence-electron chi connectivity index (χ1n) is 9.82. The van der Waals surface area contributed by atoms with E-state index in [2.05, 4.69) is 11.2 Å². The Labute approximate surface area is 193 Å². The average molecular weight is 481 g/mol. The van der Waals surface area contributed by atoms with Crippen molar-refractivity contribution in [2.75, 3.05) is 31.7 Å². The second kappa shape index (κ2) is 12.6. The molecule has 34 heavy (non-hydrogen) atoms. The maximum Gasteiger partial charge on any atom is 0.277 e. The Balaban J connectivity index is 2.53. The number of carbonyl (C=O) groups is 2. The average Bonchev–Trinajstić information content (AvgIpc) is 2.81. The number of rotatable bonds is 11. The summed E-state index contributed by atoms with van der Waals surface area (Å²) in [5.41, 5.74) is 0.180. The van der Waals surface area contributed by atoms with Gasteiger partial charge in [0.2, 0.25) is 5.91 Å². The van der Waals surface area contributed by atoms with E-state index in [1.807, 2.05) is 5.48 Å². The summed E-state index contributed by atoms with van der Waals surface area (Å²) < 4.78 is 44.4. The van der Waals surface area contributed by atoms with E-state index in [9.17, 15) is 18.4 Å². The highest BCUT2D eigenvalue weighted by Crippen LogP contribution is 2.31. The maximum absolute atomic E-state index is 15.1. The minimum Gasteiger partial charge on any atom is -0.394 e. The number of aliphatic hydroxyl groups is 2. The van der Waals surface area contributed by atoms with E-state index in [1.54, 1.807) is 0 Å². The molecule has 2 aromatic carbocycles. The van der Waals surface area contributed by atoms with E-state index in [1.165, 1.54) is 12.1 Å². The van der Waals surface area contributed by atoms with Gasteiger partial charge in [-0.3, -0.25) is 19.3 Å². The molecule has 12 heteroatoms. The number of halogens is 3. The van der Waals surface area contributed by atoms with E-state index in [0.29, 0.717) is 5.06 Å². The summed E-state index contributed by atoms with van der Waals surface area (Å²) in [6.07, 6.45) is 5.21. The van der Waals surface area contributed by atoms with E-state index in [0.717, 1.165) is 19.1 Å². The lowest BCUT2D eigenvalue weighted by Crippen LogP contribution is -2.31. The molecular formula is C22H22F3N3O6. The Morgan fingerprint density at radius 2 is 1.82 bits per heavy atom. The summed E-state index contributed by atoms with van der Waals surface area (Å²) in [4.78, 5) is 34.1. The molecule has 0 aromatic heterocycles. The molecule has 2 rings (SSSR count). The van der Waals surface area contributed by atoms with Crippen LogP contribution in [0.5, 0.6) is 0 Å². The second-order valence-corrected chi connectivity index (χ2v) is 6.67. The molecular weight excluding hydrogens is 459 g/mol. The van der Waals surface area contributed by atoms with Crippen molar-refractivity contribution in [2.24, 2.45) is 0 Å². The Morgan fingerprint density at radius 1 is 1.12 bits per heavy atom. The molecule has 0 heterocycles. The van der Waals surface area contributed by atoms with Crippen LogP contribution in [0.1, 0.15) is 28.4 Å². The highest BCUT2D eigenvalue weighted by Gasteiger charge is 2.25. The lowest BCUT2D eigenvalue weighted by Gasteiger charge is -2.22. The zero-order valence-corrected chi connectivity index (χ0v) is 18.0. The van der Waals surface area contributed by atoms with Gasteiger partial charge in [0.1, 0.15) is 5.82 Å². The zero-order valence-electron chi connectivity index (χ0n) is 18.0. The smallest absolute Gasteiger partial charge is 0.277 e. The Kier molecular flexibility index (Phi) is 9.84. The summed E-state index contributed by atoms with van der Waals surface area (Å²) in [5, 5.41) is 20.7. The molecule has 0 aliphatic heterocycles. The maximum atomic E-state index is 15.1. The third-order valence-electron chi connectivity index (χ3n) is 4.28. The van der Waals surface area contributed by atoms with Gasteiger partial charge in [0.25, 0.3) is 5.91 Å². The number of hydrogen-bond acceptors (Lipinski definition) is 7. The van der Waals surface area contributed by atoms with Crippen LogP contribution in [0.3, 0.4) is 0 Å². The van der Waals surface area contributed by atoms with Gasteiger partial charge >= 0.3 is 0 Å². The topological polar surface area (TPSA) is 120 Å². The minimum atomic E-state index is -1.55. The van der Waals surface area contributed by atoms with Gasteiger partial charge in [-0.15, -0.1) is 6.42 Å². The third kappa shape index (κ3) is 6.69. The van der Waals surface area contributed by atoms with E-state index < -0.39 is 65.8 Å². The molecule has 2 amide bonds. The number of nitrogens with zero attached hydrogens (tertiary/aromatic N) is 1. The number of nitrogens with one attached hydrogen (secondary N) is 2. The number of hydrogen-bond donors (Lipinski definition) is 4. The molecule has 0 saturated heterocycles. The first-order valence-corrected chi connectivity index (χ1v) is 9.82. The fraction of sp³-hybridized carbons (Fsp3) is 0.273. The quantitative estimate of drug-likeness (QED) is 0.219. The molecule has 0 unspecified atom stereocenters. The van der Waals surface area contributed by atoms with E-state index in [-0.39, 0.29) is 24.5 Å². The fourth-order valence-electron chi connectivity index (χ4n) is 2.71. The fourth-order valence-corrected chi connectivity index (χ4v) is 2.71. The van der Waals surface area contributed by atoms with Crippen molar-refractivity contribution in [3.05, 3.63) is 58.4 Å². The number of amides is 2. The molecule has 0 radical (unpaired) electrons. The van der Waals surface area contributed by atoms with Crippen LogP contribution in [0.2, 0.25) is 0 Å². The summed E-state index contributed by atoms with van der Waals surface area (Å²) in [6.45, 7) is -0.971. The monoisotopic (exact) mass is 481 g/mol. The van der Waals surface area contributed by atoms with Crippen LogP contribution in [-0.4, -0.2) is 53.5 Å². The molecule has 0 spiro atoms. The summed E-state index contributed by atoms with van der Waals surface area (Å²) in [7, 11) is 0. The molecule has 4 N–H and O–H groups in total. The molecule has 0 aliphatic rings. The Morgan fingerprint density at radius 3 is 2.41 bits per heavy atom. The number of anilines is 2.